The van der Waals surface area contributed by atoms with E-state index >= 15 is 0 Å². The summed E-state index contributed by atoms with van der Waals surface area (Å²) in [6.07, 6.45) is 2.42. The van der Waals surface area contributed by atoms with Crippen LogP contribution in [0.2, 0.25) is 5.15 Å². The minimum Gasteiger partial charge on any atom is -0.340 e. The molecule has 0 spiro atoms. The van der Waals surface area contributed by atoms with Gasteiger partial charge in [0.15, 0.2) is 0 Å². The lowest BCUT2D eigenvalue weighted by Gasteiger charge is -2.11. The quantitative estimate of drug-likeness (QED) is 0.668. The molecule has 0 fully saturated rings. The maximum Gasteiger partial charge on any atom is 0.139 e. The highest BCUT2D eigenvalue weighted by Crippen LogP contribution is 2.24. The van der Waals surface area contributed by atoms with Gasteiger partial charge in [0.2, 0.25) is 0 Å². The Bertz CT molecular complexity index is 552. The summed E-state index contributed by atoms with van der Waals surface area (Å²) in [6, 6.07) is 9.84. The number of hydrogen-bond donors (Lipinski definition) is 1. The van der Waals surface area contributed by atoms with Gasteiger partial charge in [0.05, 0.1) is 0 Å². The van der Waals surface area contributed by atoms with Crippen LogP contribution in [-0.4, -0.2) is 9.97 Å². The molecular formula is C14H14ClN3. The number of nitrogens with one attached hydrogen (secondary N) is 1. The third-order valence-electron chi connectivity index (χ3n) is 2.45. The molecule has 1 aromatic heterocycles. The second-order valence-corrected chi connectivity index (χ2v) is 4.23. The smallest absolute Gasteiger partial charge is 0.139 e. The molecule has 0 saturated heterocycles. The van der Waals surface area contributed by atoms with Gasteiger partial charge in [-0.25, -0.2) is 9.97 Å². The summed E-state index contributed by atoms with van der Waals surface area (Å²) in [6.45, 7) is 5.54. The van der Waals surface area contributed by atoms with Gasteiger partial charge in [-0.2, -0.15) is 0 Å². The van der Waals surface area contributed by atoms with Crippen molar-refractivity contribution >= 4 is 23.1 Å². The number of benzene rings is 1. The van der Waals surface area contributed by atoms with Crippen LogP contribution < -0.4 is 5.32 Å². The predicted octanol–water partition coefficient (Wildman–Crippen LogP) is 3.91. The molecule has 92 valence electrons. The minimum atomic E-state index is 0.473. The molecule has 1 heterocycles. The monoisotopic (exact) mass is 259 g/mol. The van der Waals surface area contributed by atoms with Crippen molar-refractivity contribution in [2.45, 2.75) is 13.3 Å². The zero-order chi connectivity index (χ0) is 13.0. The van der Waals surface area contributed by atoms with Gasteiger partial charge in [-0.1, -0.05) is 35.9 Å². The molecule has 0 bridgehead atoms. The fourth-order valence-electron chi connectivity index (χ4n) is 1.65. The number of aryl methyl sites for hydroxylation is 1. The van der Waals surface area contributed by atoms with Crippen LogP contribution in [0.5, 0.6) is 0 Å². The van der Waals surface area contributed by atoms with Crippen LogP contribution in [0.15, 0.2) is 43.0 Å². The van der Waals surface area contributed by atoms with E-state index in [1.165, 1.54) is 0 Å². The van der Waals surface area contributed by atoms with E-state index in [0.717, 1.165) is 17.1 Å². The average molecular weight is 260 g/mol. The van der Waals surface area contributed by atoms with E-state index in [1.807, 2.05) is 37.3 Å². The van der Waals surface area contributed by atoms with Crippen molar-refractivity contribution in [3.8, 4) is 0 Å². The summed E-state index contributed by atoms with van der Waals surface area (Å²) in [5.41, 5.74) is 1.83. The number of anilines is 2. The van der Waals surface area contributed by atoms with E-state index in [0.29, 0.717) is 17.4 Å². The largest absolute Gasteiger partial charge is 0.340 e. The lowest BCUT2D eigenvalue weighted by Crippen LogP contribution is -2.03. The zero-order valence-corrected chi connectivity index (χ0v) is 10.9. The Morgan fingerprint density at radius 3 is 2.67 bits per heavy atom. The molecule has 1 N–H and O–H groups in total. The van der Waals surface area contributed by atoms with Crippen molar-refractivity contribution < 1.29 is 0 Å². The van der Waals surface area contributed by atoms with E-state index in [1.54, 1.807) is 6.08 Å². The zero-order valence-electron chi connectivity index (χ0n) is 10.2. The molecule has 1 aromatic carbocycles. The SMILES string of the molecule is C=CCc1c(Cl)nc(C)nc1Nc1ccccc1. The summed E-state index contributed by atoms with van der Waals surface area (Å²) in [7, 11) is 0. The van der Waals surface area contributed by atoms with Gasteiger partial charge in [-0.15, -0.1) is 6.58 Å². The van der Waals surface area contributed by atoms with Gasteiger partial charge in [0.25, 0.3) is 0 Å². The van der Waals surface area contributed by atoms with Crippen molar-refractivity contribution in [2.24, 2.45) is 0 Å². The Labute approximate surface area is 112 Å². The molecule has 3 nitrogen and oxygen atoms in total. The van der Waals surface area contributed by atoms with Gasteiger partial charge in [-0.05, 0) is 25.5 Å². The summed E-state index contributed by atoms with van der Waals surface area (Å²) < 4.78 is 0. The number of aromatic nitrogens is 2. The van der Waals surface area contributed by atoms with Gasteiger partial charge in [-0.3, -0.25) is 0 Å². The van der Waals surface area contributed by atoms with Crippen LogP contribution in [0, 0.1) is 6.92 Å². The van der Waals surface area contributed by atoms with E-state index in [9.17, 15) is 0 Å². The first-order valence-electron chi connectivity index (χ1n) is 5.66. The van der Waals surface area contributed by atoms with Crippen LogP contribution in [0.25, 0.3) is 0 Å². The molecule has 0 unspecified atom stereocenters. The first kappa shape index (κ1) is 12.6. The van der Waals surface area contributed by atoms with Gasteiger partial charge < -0.3 is 5.32 Å². The molecule has 4 heteroatoms. The molecule has 0 amide bonds. The first-order valence-corrected chi connectivity index (χ1v) is 6.04. The molecule has 0 aliphatic carbocycles. The van der Waals surface area contributed by atoms with Gasteiger partial charge >= 0.3 is 0 Å². The second-order valence-electron chi connectivity index (χ2n) is 3.87. The van der Waals surface area contributed by atoms with Gasteiger partial charge in [0.1, 0.15) is 16.8 Å². The highest BCUT2D eigenvalue weighted by molar-refractivity contribution is 6.30. The fraction of sp³-hybridized carbons (Fsp3) is 0.143. The molecule has 18 heavy (non-hydrogen) atoms. The lowest BCUT2D eigenvalue weighted by atomic mass is 10.2. The molecule has 0 aliphatic heterocycles. The highest BCUT2D eigenvalue weighted by Gasteiger charge is 2.10. The summed E-state index contributed by atoms with van der Waals surface area (Å²) >= 11 is 6.14. The third kappa shape index (κ3) is 2.87. The van der Waals surface area contributed by atoms with Crippen LogP contribution in [0.1, 0.15) is 11.4 Å². The first-order chi connectivity index (χ1) is 8.70. The molecule has 2 aromatic rings. The van der Waals surface area contributed by atoms with Crippen LogP contribution >= 0.6 is 11.6 Å². The Kier molecular flexibility index (Phi) is 3.95. The Hall–Kier alpha value is -1.87. The van der Waals surface area contributed by atoms with Crippen LogP contribution in [0.3, 0.4) is 0 Å². The maximum absolute atomic E-state index is 6.14. The molecule has 0 atom stereocenters. The molecule has 0 aliphatic rings. The standard InChI is InChI=1S/C14H14ClN3/c1-3-7-12-13(15)16-10(2)17-14(12)18-11-8-5-4-6-9-11/h3-6,8-9H,1,7H2,2H3,(H,16,17,18). The van der Waals surface area contributed by atoms with Crippen molar-refractivity contribution in [2.75, 3.05) is 5.32 Å². The van der Waals surface area contributed by atoms with E-state index < -0.39 is 0 Å². The van der Waals surface area contributed by atoms with E-state index in [-0.39, 0.29) is 0 Å². The van der Waals surface area contributed by atoms with Crippen LogP contribution in [-0.2, 0) is 6.42 Å². The third-order valence-corrected chi connectivity index (χ3v) is 2.77. The predicted molar refractivity (Wildman–Crippen MR) is 75.4 cm³/mol. The summed E-state index contributed by atoms with van der Waals surface area (Å²) in [5.74, 6) is 1.38. The number of hydrogen-bond acceptors (Lipinski definition) is 3. The minimum absolute atomic E-state index is 0.473. The highest BCUT2D eigenvalue weighted by atomic mass is 35.5. The molecule has 2 rings (SSSR count). The Balaban J connectivity index is 2.39. The van der Waals surface area contributed by atoms with E-state index in [2.05, 4.69) is 21.9 Å². The topological polar surface area (TPSA) is 37.8 Å². The molecule has 0 radical (unpaired) electrons. The fourth-order valence-corrected chi connectivity index (χ4v) is 1.94. The maximum atomic E-state index is 6.14. The average Bonchev–Trinajstić information content (AvgIpc) is 2.35. The molecular weight excluding hydrogens is 246 g/mol. The number of para-hydroxylation sites is 1. The number of nitrogens with zero attached hydrogens (tertiary/aromatic N) is 2. The summed E-state index contributed by atoms with van der Waals surface area (Å²) in [4.78, 5) is 8.55. The lowest BCUT2D eigenvalue weighted by molar-refractivity contribution is 1.02. The number of halogens is 1. The van der Waals surface area contributed by atoms with Crippen molar-refractivity contribution in [1.82, 2.24) is 9.97 Å². The van der Waals surface area contributed by atoms with Gasteiger partial charge in [0, 0.05) is 11.3 Å². The number of allylic oxidation sites excluding steroid dienone is 1. The number of rotatable bonds is 4. The van der Waals surface area contributed by atoms with Crippen molar-refractivity contribution in [1.29, 1.82) is 0 Å². The van der Waals surface area contributed by atoms with E-state index in [4.69, 9.17) is 11.6 Å². The van der Waals surface area contributed by atoms with Crippen LogP contribution in [0.4, 0.5) is 11.5 Å². The van der Waals surface area contributed by atoms with Crippen molar-refractivity contribution in [3.05, 3.63) is 59.5 Å². The second kappa shape index (κ2) is 5.65. The Morgan fingerprint density at radius 2 is 2.00 bits per heavy atom. The summed E-state index contributed by atoms with van der Waals surface area (Å²) in [5, 5.41) is 3.73. The van der Waals surface area contributed by atoms with Crippen molar-refractivity contribution in [3.63, 3.8) is 0 Å². The normalized spacial score (nSPS) is 10.1. The molecule has 0 saturated carbocycles. The Morgan fingerprint density at radius 1 is 1.28 bits per heavy atom.